The first-order chi connectivity index (χ1) is 13.8. The predicted octanol–water partition coefficient (Wildman–Crippen LogP) is 2.95. The maximum atomic E-state index is 13.2. The molecule has 2 aromatic rings. The van der Waals surface area contributed by atoms with Gasteiger partial charge in [0.25, 0.3) is 0 Å². The summed E-state index contributed by atoms with van der Waals surface area (Å²) in [7, 11) is -3.41. The van der Waals surface area contributed by atoms with E-state index in [1.54, 1.807) is 19.1 Å². The van der Waals surface area contributed by atoms with Gasteiger partial charge in [0.2, 0.25) is 15.9 Å². The maximum absolute atomic E-state index is 13.2. The number of amides is 1. The van der Waals surface area contributed by atoms with Gasteiger partial charge in [0.15, 0.2) is 0 Å². The summed E-state index contributed by atoms with van der Waals surface area (Å²) in [6.45, 7) is 3.32. The first-order valence-electron chi connectivity index (χ1n) is 9.28. The Morgan fingerprint density at radius 3 is 2.41 bits per heavy atom. The summed E-state index contributed by atoms with van der Waals surface area (Å²) in [5, 5.41) is 2.66. The van der Waals surface area contributed by atoms with Crippen LogP contribution in [0.25, 0.3) is 0 Å². The normalized spacial score (nSPS) is 17.1. The third-order valence-electron chi connectivity index (χ3n) is 4.97. The lowest BCUT2D eigenvalue weighted by Gasteiger charge is -2.36. The molecule has 0 radical (unpaired) electrons. The molecule has 0 bridgehead atoms. The number of carbonyl (C=O) groups excluding carboxylic acids is 1. The molecule has 1 N–H and O–H groups in total. The van der Waals surface area contributed by atoms with Crippen LogP contribution in [0.15, 0.2) is 48.5 Å². The summed E-state index contributed by atoms with van der Waals surface area (Å²) in [6, 6.07) is 12.6. The lowest BCUT2D eigenvalue weighted by atomic mass is 10.2. The van der Waals surface area contributed by atoms with E-state index in [2.05, 4.69) is 5.32 Å². The van der Waals surface area contributed by atoms with Crippen molar-refractivity contribution in [2.24, 2.45) is 0 Å². The lowest BCUT2D eigenvalue weighted by molar-refractivity contribution is -0.121. The van der Waals surface area contributed by atoms with E-state index in [1.807, 2.05) is 23.1 Å². The largest absolute Gasteiger partial charge is 0.325 e. The van der Waals surface area contributed by atoms with E-state index >= 15 is 0 Å². The van der Waals surface area contributed by atoms with E-state index in [0.29, 0.717) is 31.9 Å². The summed E-state index contributed by atoms with van der Waals surface area (Å²) in [4.78, 5) is 14.4. The highest BCUT2D eigenvalue weighted by atomic mass is 35.5. The topological polar surface area (TPSA) is 69.7 Å². The molecule has 1 aliphatic heterocycles. The molecule has 0 aliphatic carbocycles. The van der Waals surface area contributed by atoms with Crippen molar-refractivity contribution >= 4 is 33.2 Å². The third-order valence-corrected chi connectivity index (χ3v) is 7.11. The Bertz CT molecular complexity index is 964. The van der Waals surface area contributed by atoms with E-state index in [-0.39, 0.29) is 16.7 Å². The second-order valence-corrected chi connectivity index (χ2v) is 9.35. The second kappa shape index (κ2) is 9.21. The van der Waals surface area contributed by atoms with Crippen molar-refractivity contribution in [3.8, 4) is 0 Å². The number of halogens is 2. The van der Waals surface area contributed by atoms with E-state index in [4.69, 9.17) is 11.6 Å². The number of hydrogen-bond acceptors (Lipinski definition) is 4. The van der Waals surface area contributed by atoms with Crippen molar-refractivity contribution in [2.45, 2.75) is 18.7 Å². The van der Waals surface area contributed by atoms with E-state index in [1.165, 1.54) is 22.5 Å². The Morgan fingerprint density at radius 2 is 1.79 bits per heavy atom. The number of carbonyl (C=O) groups is 1. The third kappa shape index (κ3) is 5.54. The number of anilines is 1. The monoisotopic (exact) mass is 439 g/mol. The molecule has 9 heteroatoms. The number of benzene rings is 2. The van der Waals surface area contributed by atoms with Crippen LogP contribution in [0, 0.1) is 5.82 Å². The minimum Gasteiger partial charge on any atom is -0.325 e. The van der Waals surface area contributed by atoms with Crippen molar-refractivity contribution < 1.29 is 17.6 Å². The van der Waals surface area contributed by atoms with Crippen molar-refractivity contribution in [3.05, 3.63) is 64.9 Å². The van der Waals surface area contributed by atoms with Crippen LogP contribution >= 0.6 is 11.6 Å². The molecule has 0 unspecified atom stereocenters. The van der Waals surface area contributed by atoms with Gasteiger partial charge in [0, 0.05) is 31.9 Å². The molecule has 6 nitrogen and oxygen atoms in total. The fourth-order valence-corrected chi connectivity index (χ4v) is 4.93. The summed E-state index contributed by atoms with van der Waals surface area (Å²) < 4.78 is 40.0. The van der Waals surface area contributed by atoms with E-state index < -0.39 is 21.9 Å². The first kappa shape index (κ1) is 21.7. The molecule has 2 aromatic carbocycles. The molecule has 1 heterocycles. The quantitative estimate of drug-likeness (QED) is 0.751. The number of hydrogen-bond donors (Lipinski definition) is 1. The van der Waals surface area contributed by atoms with Crippen LogP contribution in [0.5, 0.6) is 0 Å². The number of nitrogens with zero attached hydrogens (tertiary/aromatic N) is 2. The molecule has 0 saturated carbocycles. The number of piperazine rings is 1. The van der Waals surface area contributed by atoms with Gasteiger partial charge >= 0.3 is 0 Å². The van der Waals surface area contributed by atoms with E-state index in [0.717, 1.165) is 5.56 Å². The molecule has 1 aliphatic rings. The van der Waals surface area contributed by atoms with Crippen LogP contribution in [0.1, 0.15) is 12.5 Å². The molecule has 3 rings (SSSR count). The fraction of sp³-hybridized carbons (Fsp3) is 0.350. The highest BCUT2D eigenvalue weighted by molar-refractivity contribution is 7.88. The molecular weight excluding hydrogens is 417 g/mol. The lowest BCUT2D eigenvalue weighted by Crippen LogP contribution is -2.54. The van der Waals surface area contributed by atoms with Crippen LogP contribution < -0.4 is 5.32 Å². The minimum atomic E-state index is -3.41. The Kier molecular flexibility index (Phi) is 6.89. The highest BCUT2D eigenvalue weighted by Gasteiger charge is 2.31. The average Bonchev–Trinajstić information content (AvgIpc) is 2.70. The van der Waals surface area contributed by atoms with Gasteiger partial charge in [-0.15, -0.1) is 0 Å². The van der Waals surface area contributed by atoms with Crippen molar-refractivity contribution in [1.29, 1.82) is 0 Å². The van der Waals surface area contributed by atoms with Gasteiger partial charge in [-0.3, -0.25) is 9.69 Å². The average molecular weight is 440 g/mol. The Hall–Kier alpha value is -2.00. The van der Waals surface area contributed by atoms with Gasteiger partial charge in [0.05, 0.1) is 16.8 Å². The zero-order valence-electron chi connectivity index (χ0n) is 16.0. The van der Waals surface area contributed by atoms with Crippen molar-refractivity contribution in [2.75, 3.05) is 31.5 Å². The van der Waals surface area contributed by atoms with Crippen LogP contribution in [0.3, 0.4) is 0 Å². The SMILES string of the molecule is C[C@H](C(=O)Nc1ccc(F)c(Cl)c1)N1CCN(S(=O)(=O)Cc2ccccc2)CC1. The molecule has 0 aromatic heterocycles. The smallest absolute Gasteiger partial charge is 0.241 e. The molecule has 29 heavy (non-hydrogen) atoms. The van der Waals surface area contributed by atoms with Crippen molar-refractivity contribution in [1.82, 2.24) is 9.21 Å². The zero-order valence-corrected chi connectivity index (χ0v) is 17.6. The molecule has 1 atom stereocenters. The predicted molar refractivity (Wildman–Crippen MR) is 112 cm³/mol. The Balaban J connectivity index is 1.55. The van der Waals surface area contributed by atoms with Crippen LogP contribution in [0.4, 0.5) is 10.1 Å². The summed E-state index contributed by atoms with van der Waals surface area (Å²) >= 11 is 5.74. The van der Waals surface area contributed by atoms with Gasteiger partial charge in [0.1, 0.15) is 5.82 Å². The maximum Gasteiger partial charge on any atom is 0.241 e. The molecular formula is C20H23ClFN3O3S. The van der Waals surface area contributed by atoms with E-state index in [9.17, 15) is 17.6 Å². The second-order valence-electron chi connectivity index (χ2n) is 6.97. The Labute approximate surface area is 175 Å². The highest BCUT2D eigenvalue weighted by Crippen LogP contribution is 2.20. The van der Waals surface area contributed by atoms with Gasteiger partial charge in [-0.25, -0.2) is 12.8 Å². The summed E-state index contributed by atoms with van der Waals surface area (Å²) in [5.74, 6) is -0.839. The molecule has 1 fully saturated rings. The molecule has 156 valence electrons. The Morgan fingerprint density at radius 1 is 1.14 bits per heavy atom. The van der Waals surface area contributed by atoms with Crippen LogP contribution in [0.2, 0.25) is 5.02 Å². The fourth-order valence-electron chi connectivity index (χ4n) is 3.23. The van der Waals surface area contributed by atoms with Gasteiger partial charge < -0.3 is 5.32 Å². The summed E-state index contributed by atoms with van der Waals surface area (Å²) in [6.07, 6.45) is 0. The zero-order chi connectivity index (χ0) is 21.0. The molecule has 1 amide bonds. The van der Waals surface area contributed by atoms with Crippen LogP contribution in [-0.2, 0) is 20.6 Å². The van der Waals surface area contributed by atoms with Gasteiger partial charge in [-0.2, -0.15) is 4.31 Å². The van der Waals surface area contributed by atoms with Crippen LogP contribution in [-0.4, -0.2) is 55.8 Å². The molecule has 1 saturated heterocycles. The summed E-state index contributed by atoms with van der Waals surface area (Å²) in [5.41, 5.74) is 1.16. The minimum absolute atomic E-state index is 0.0325. The number of nitrogens with one attached hydrogen (secondary N) is 1. The number of sulfonamides is 1. The van der Waals surface area contributed by atoms with Gasteiger partial charge in [-0.05, 0) is 30.7 Å². The number of rotatable bonds is 6. The van der Waals surface area contributed by atoms with Gasteiger partial charge in [-0.1, -0.05) is 41.9 Å². The first-order valence-corrected chi connectivity index (χ1v) is 11.3. The standard InChI is InChI=1S/C20H23ClFN3O3S/c1-15(20(26)23-17-7-8-19(22)18(21)13-17)24-9-11-25(12-10-24)29(27,28)14-16-5-3-2-4-6-16/h2-8,13,15H,9-12,14H2,1H3,(H,23,26)/t15-/m1/s1. The van der Waals surface area contributed by atoms with Crippen molar-refractivity contribution in [3.63, 3.8) is 0 Å². The molecule has 0 spiro atoms.